The molecule has 0 aromatic rings. The normalized spacial score (nSPS) is 15.0. The van der Waals surface area contributed by atoms with Crippen LogP contribution in [0.4, 0.5) is 0 Å². The molecule has 1 unspecified atom stereocenters. The van der Waals surface area contributed by atoms with E-state index in [-0.39, 0.29) is 12.0 Å². The molecule has 0 fully saturated rings. The summed E-state index contributed by atoms with van der Waals surface area (Å²) in [5, 5.41) is 9.37. The molecule has 0 spiro atoms. The van der Waals surface area contributed by atoms with Gasteiger partial charge in [0.2, 0.25) is 0 Å². The zero-order valence-corrected chi connectivity index (χ0v) is 11.3. The molecule has 0 bridgehead atoms. The topological polar surface area (TPSA) is 46.2 Å². The van der Waals surface area contributed by atoms with Crippen LogP contribution in [0.25, 0.3) is 0 Å². The fourth-order valence-electron chi connectivity index (χ4n) is 2.14. The maximum Gasteiger partial charge on any atom is 0.0499 e. The zero-order valence-electron chi connectivity index (χ0n) is 11.3. The summed E-state index contributed by atoms with van der Waals surface area (Å²) in [7, 11) is 0. The van der Waals surface area contributed by atoms with Gasteiger partial charge in [-0.15, -0.1) is 0 Å². The Hall–Kier alpha value is -0.0800. The third kappa shape index (κ3) is 6.49. The van der Waals surface area contributed by atoms with E-state index >= 15 is 0 Å². The molecule has 0 aliphatic carbocycles. The van der Waals surface area contributed by atoms with Crippen molar-refractivity contribution in [2.75, 3.05) is 13.2 Å². The van der Waals surface area contributed by atoms with Gasteiger partial charge in [-0.25, -0.2) is 0 Å². The Labute approximate surface area is 102 Å². The third-order valence-electron chi connectivity index (χ3n) is 3.83. The molecule has 0 aliphatic heterocycles. The fraction of sp³-hybridized carbons (Fsp3) is 1.00. The minimum Gasteiger partial charge on any atom is -0.396 e. The molecule has 0 amide bonds. The van der Waals surface area contributed by atoms with Gasteiger partial charge in [0.1, 0.15) is 0 Å². The Morgan fingerprint density at radius 3 is 1.94 bits per heavy atom. The van der Waals surface area contributed by atoms with Crippen LogP contribution < -0.4 is 5.73 Å². The highest BCUT2D eigenvalue weighted by atomic mass is 16.3. The average molecular weight is 229 g/mol. The van der Waals surface area contributed by atoms with E-state index in [0.29, 0.717) is 6.54 Å². The molecule has 0 aromatic heterocycles. The molecule has 0 saturated heterocycles. The number of hydrogen-bond acceptors (Lipinski definition) is 2. The summed E-state index contributed by atoms with van der Waals surface area (Å²) in [6.45, 7) is 5.24. The van der Waals surface area contributed by atoms with Crippen molar-refractivity contribution in [3.8, 4) is 0 Å². The van der Waals surface area contributed by atoms with Gasteiger partial charge in [-0.3, -0.25) is 0 Å². The van der Waals surface area contributed by atoms with Gasteiger partial charge in [0.15, 0.2) is 0 Å². The molecule has 2 nitrogen and oxygen atoms in total. The Bertz CT molecular complexity index is 135. The number of aliphatic hydroxyl groups is 1. The highest BCUT2D eigenvalue weighted by molar-refractivity contribution is 4.77. The van der Waals surface area contributed by atoms with E-state index in [1.807, 2.05) is 0 Å². The van der Waals surface area contributed by atoms with Crippen molar-refractivity contribution in [1.82, 2.24) is 0 Å². The summed E-state index contributed by atoms with van der Waals surface area (Å²) in [5.74, 6) is 0. The third-order valence-corrected chi connectivity index (χ3v) is 3.83. The largest absolute Gasteiger partial charge is 0.396 e. The van der Waals surface area contributed by atoms with Crippen LogP contribution in [0.1, 0.15) is 71.6 Å². The van der Waals surface area contributed by atoms with E-state index in [9.17, 15) is 5.11 Å². The second kappa shape index (κ2) is 10.1. The van der Waals surface area contributed by atoms with Crippen LogP contribution in [0, 0.1) is 5.41 Å². The predicted molar refractivity (Wildman–Crippen MR) is 71.5 cm³/mol. The van der Waals surface area contributed by atoms with Crippen LogP contribution in [0.5, 0.6) is 0 Å². The maximum absolute atomic E-state index is 9.37. The van der Waals surface area contributed by atoms with E-state index in [2.05, 4.69) is 13.8 Å². The van der Waals surface area contributed by atoms with Crippen LogP contribution in [0.15, 0.2) is 0 Å². The molecule has 0 rings (SSSR count). The van der Waals surface area contributed by atoms with Crippen LogP contribution in [0.3, 0.4) is 0 Å². The molecule has 0 radical (unpaired) electrons. The Morgan fingerprint density at radius 2 is 1.50 bits per heavy atom. The predicted octanol–water partition coefficient (Wildman–Crippen LogP) is 3.47. The van der Waals surface area contributed by atoms with Gasteiger partial charge in [0.05, 0.1) is 0 Å². The first kappa shape index (κ1) is 15.9. The summed E-state index contributed by atoms with van der Waals surface area (Å²) >= 11 is 0. The second-order valence-electron chi connectivity index (χ2n) is 5.09. The molecule has 98 valence electrons. The highest BCUT2D eigenvalue weighted by Gasteiger charge is 2.24. The van der Waals surface area contributed by atoms with E-state index < -0.39 is 0 Å². The van der Waals surface area contributed by atoms with E-state index in [1.54, 1.807) is 0 Å². The van der Waals surface area contributed by atoms with E-state index in [0.717, 1.165) is 12.8 Å². The van der Waals surface area contributed by atoms with E-state index in [4.69, 9.17) is 5.73 Å². The van der Waals surface area contributed by atoms with Gasteiger partial charge in [0, 0.05) is 18.6 Å². The van der Waals surface area contributed by atoms with Gasteiger partial charge in [-0.1, -0.05) is 58.8 Å². The lowest BCUT2D eigenvalue weighted by Gasteiger charge is -2.29. The molecular formula is C14H31NO. The first-order chi connectivity index (χ1) is 7.74. The summed E-state index contributed by atoms with van der Waals surface area (Å²) in [5.41, 5.74) is 5.75. The van der Waals surface area contributed by atoms with Crippen molar-refractivity contribution in [2.45, 2.75) is 71.6 Å². The van der Waals surface area contributed by atoms with Crippen molar-refractivity contribution in [3.05, 3.63) is 0 Å². The molecule has 0 aromatic carbocycles. The number of rotatable bonds is 11. The Balaban J connectivity index is 3.48. The van der Waals surface area contributed by atoms with Gasteiger partial charge in [0.25, 0.3) is 0 Å². The van der Waals surface area contributed by atoms with Crippen molar-refractivity contribution in [1.29, 1.82) is 0 Å². The molecular weight excluding hydrogens is 198 g/mol. The molecule has 0 heterocycles. The minimum atomic E-state index is 0.00339. The smallest absolute Gasteiger partial charge is 0.0499 e. The minimum absolute atomic E-state index is 0.00339. The van der Waals surface area contributed by atoms with Crippen molar-refractivity contribution in [2.24, 2.45) is 11.1 Å². The number of hydrogen-bond donors (Lipinski definition) is 2. The lowest BCUT2D eigenvalue weighted by Crippen LogP contribution is -2.33. The highest BCUT2D eigenvalue weighted by Crippen LogP contribution is 2.27. The van der Waals surface area contributed by atoms with Crippen LogP contribution in [-0.2, 0) is 0 Å². The molecule has 2 heteroatoms. The van der Waals surface area contributed by atoms with Crippen molar-refractivity contribution in [3.63, 3.8) is 0 Å². The van der Waals surface area contributed by atoms with Gasteiger partial charge in [-0.05, 0) is 12.8 Å². The van der Waals surface area contributed by atoms with Gasteiger partial charge in [-0.2, -0.15) is 0 Å². The molecule has 1 atom stereocenters. The second-order valence-corrected chi connectivity index (χ2v) is 5.09. The van der Waals surface area contributed by atoms with Crippen molar-refractivity contribution >= 4 is 0 Å². The Morgan fingerprint density at radius 1 is 0.938 bits per heavy atom. The summed E-state index contributed by atoms with van der Waals surface area (Å²) in [6, 6.07) is 0. The molecule has 0 saturated carbocycles. The average Bonchev–Trinajstić information content (AvgIpc) is 2.34. The standard InChI is InChI=1S/C14H31NO/c1-3-5-6-7-8-9-10-11-14(4-2,12-15)13-16/h16H,3-13,15H2,1-2H3. The van der Waals surface area contributed by atoms with Crippen LogP contribution >= 0.6 is 0 Å². The number of unbranched alkanes of at least 4 members (excludes halogenated alkanes) is 6. The summed E-state index contributed by atoms with van der Waals surface area (Å²) in [6.07, 6.45) is 11.4. The maximum atomic E-state index is 9.37. The van der Waals surface area contributed by atoms with E-state index in [1.165, 1.54) is 44.9 Å². The van der Waals surface area contributed by atoms with Crippen LogP contribution in [0.2, 0.25) is 0 Å². The lowest BCUT2D eigenvalue weighted by molar-refractivity contribution is 0.114. The SMILES string of the molecule is CCCCCCCCCC(CC)(CN)CO. The molecule has 0 aliphatic rings. The monoisotopic (exact) mass is 229 g/mol. The summed E-state index contributed by atoms with van der Waals surface area (Å²) < 4.78 is 0. The summed E-state index contributed by atoms with van der Waals surface area (Å²) in [4.78, 5) is 0. The molecule has 16 heavy (non-hydrogen) atoms. The fourth-order valence-corrected chi connectivity index (χ4v) is 2.14. The number of nitrogens with two attached hydrogens (primary N) is 1. The number of aliphatic hydroxyl groups excluding tert-OH is 1. The first-order valence-electron chi connectivity index (χ1n) is 7.05. The first-order valence-corrected chi connectivity index (χ1v) is 7.05. The lowest BCUT2D eigenvalue weighted by atomic mass is 9.81. The Kier molecular flexibility index (Phi) is 10.0. The van der Waals surface area contributed by atoms with Gasteiger partial charge >= 0.3 is 0 Å². The van der Waals surface area contributed by atoms with Gasteiger partial charge < -0.3 is 10.8 Å². The quantitative estimate of drug-likeness (QED) is 0.533. The van der Waals surface area contributed by atoms with Crippen LogP contribution in [-0.4, -0.2) is 18.3 Å². The molecule has 3 N–H and O–H groups in total. The zero-order chi connectivity index (χ0) is 12.3. The van der Waals surface area contributed by atoms with Crippen molar-refractivity contribution < 1.29 is 5.11 Å².